The van der Waals surface area contributed by atoms with E-state index in [-0.39, 0.29) is 30.5 Å². The average Bonchev–Trinajstić information content (AvgIpc) is 2.26. The predicted molar refractivity (Wildman–Crippen MR) is 64.5 cm³/mol. The maximum atomic E-state index is 11.2. The highest BCUT2D eigenvalue weighted by atomic mass is 16.3. The van der Waals surface area contributed by atoms with Crippen molar-refractivity contribution in [2.24, 2.45) is 11.3 Å². The SMILES string of the molecule is CC(C=O)CO.CC1=CC(C)(C)C(=O)CC1=O. The van der Waals surface area contributed by atoms with Crippen LogP contribution >= 0.6 is 0 Å². The van der Waals surface area contributed by atoms with Crippen LogP contribution in [0, 0.1) is 11.3 Å². The molecule has 1 aliphatic carbocycles. The van der Waals surface area contributed by atoms with Crippen LogP contribution in [0.1, 0.15) is 34.1 Å². The molecule has 0 saturated heterocycles. The molecule has 0 bridgehead atoms. The molecule has 4 nitrogen and oxygen atoms in total. The van der Waals surface area contributed by atoms with Crippen molar-refractivity contribution in [2.45, 2.75) is 34.1 Å². The minimum absolute atomic E-state index is 0.0214. The van der Waals surface area contributed by atoms with Crippen LogP contribution in [0.2, 0.25) is 0 Å². The van der Waals surface area contributed by atoms with E-state index in [1.807, 2.05) is 13.8 Å². The molecule has 0 aromatic carbocycles. The van der Waals surface area contributed by atoms with Gasteiger partial charge in [-0.1, -0.05) is 13.0 Å². The first-order chi connectivity index (χ1) is 7.74. The fourth-order valence-corrected chi connectivity index (χ4v) is 1.26. The lowest BCUT2D eigenvalue weighted by Crippen LogP contribution is -2.29. The highest BCUT2D eigenvalue weighted by Gasteiger charge is 2.31. The van der Waals surface area contributed by atoms with Crippen LogP contribution in [0.25, 0.3) is 0 Å². The Labute approximate surface area is 102 Å². The number of hydrogen-bond donors (Lipinski definition) is 1. The molecule has 1 rings (SSSR count). The van der Waals surface area contributed by atoms with Crippen LogP contribution in [0.5, 0.6) is 0 Å². The molecule has 0 radical (unpaired) electrons. The zero-order chi connectivity index (χ0) is 13.6. The maximum Gasteiger partial charge on any atom is 0.165 e. The molecule has 0 fully saturated rings. The summed E-state index contributed by atoms with van der Waals surface area (Å²) in [5.41, 5.74) is 0.285. The molecule has 0 saturated carbocycles. The monoisotopic (exact) mass is 240 g/mol. The molecule has 4 heteroatoms. The quantitative estimate of drug-likeness (QED) is 0.583. The molecule has 0 spiro atoms. The standard InChI is InChI=1S/C9H12O2.C4H8O2/c1-6-5-9(2,3)8(11)4-7(6)10;1-4(2-5)3-6/h5H,4H2,1-3H3;2,4,6H,3H2,1H3. The summed E-state index contributed by atoms with van der Waals surface area (Å²) in [5, 5.41) is 8.10. The summed E-state index contributed by atoms with van der Waals surface area (Å²) in [6.45, 7) is 7.06. The maximum absolute atomic E-state index is 11.2. The fourth-order valence-electron chi connectivity index (χ4n) is 1.26. The molecule has 1 aliphatic rings. The van der Waals surface area contributed by atoms with Gasteiger partial charge in [-0.25, -0.2) is 0 Å². The molecule has 96 valence electrons. The molecule has 1 N–H and O–H groups in total. The summed E-state index contributed by atoms with van der Waals surface area (Å²) in [6.07, 6.45) is 2.55. The second-order valence-electron chi connectivity index (χ2n) is 4.87. The second-order valence-corrected chi connectivity index (χ2v) is 4.87. The van der Waals surface area contributed by atoms with Gasteiger partial charge in [0.25, 0.3) is 0 Å². The van der Waals surface area contributed by atoms with Crippen molar-refractivity contribution in [2.75, 3.05) is 6.61 Å². The molecule has 0 aliphatic heterocycles. The number of carbonyl (C=O) groups excluding carboxylic acids is 3. The molecule has 1 unspecified atom stereocenters. The first kappa shape index (κ1) is 15.7. The number of carbonyl (C=O) groups is 3. The lowest BCUT2D eigenvalue weighted by atomic mass is 9.78. The highest BCUT2D eigenvalue weighted by molar-refractivity contribution is 6.12. The van der Waals surface area contributed by atoms with E-state index in [4.69, 9.17) is 5.11 Å². The van der Waals surface area contributed by atoms with Crippen LogP contribution < -0.4 is 0 Å². The fraction of sp³-hybridized carbons (Fsp3) is 0.615. The Morgan fingerprint density at radius 1 is 1.47 bits per heavy atom. The Bertz CT molecular complexity index is 339. The second kappa shape index (κ2) is 6.45. The number of aliphatic hydroxyl groups excluding tert-OH is 1. The summed E-state index contributed by atoms with van der Waals surface area (Å²) >= 11 is 0. The summed E-state index contributed by atoms with van der Waals surface area (Å²) in [4.78, 5) is 31.8. The first-order valence-electron chi connectivity index (χ1n) is 5.56. The summed E-state index contributed by atoms with van der Waals surface area (Å²) < 4.78 is 0. The third kappa shape index (κ3) is 5.04. The molecule has 0 aromatic heterocycles. The normalized spacial score (nSPS) is 19.9. The van der Waals surface area contributed by atoms with E-state index in [0.29, 0.717) is 0 Å². The van der Waals surface area contributed by atoms with Crippen molar-refractivity contribution in [3.05, 3.63) is 11.6 Å². The van der Waals surface area contributed by atoms with Gasteiger partial charge in [0.2, 0.25) is 0 Å². The van der Waals surface area contributed by atoms with Crippen LogP contribution in [-0.4, -0.2) is 29.6 Å². The molecule has 0 aromatic rings. The van der Waals surface area contributed by atoms with Crippen molar-refractivity contribution in [3.63, 3.8) is 0 Å². The third-order valence-corrected chi connectivity index (χ3v) is 2.58. The average molecular weight is 240 g/mol. The minimum Gasteiger partial charge on any atom is -0.396 e. The van der Waals surface area contributed by atoms with E-state index in [1.54, 1.807) is 19.9 Å². The summed E-state index contributed by atoms with van der Waals surface area (Å²) in [5.74, 6) is -0.201. The number of ketones is 2. The first-order valence-corrected chi connectivity index (χ1v) is 5.56. The Morgan fingerprint density at radius 2 is 2.00 bits per heavy atom. The van der Waals surface area contributed by atoms with Gasteiger partial charge in [0, 0.05) is 11.3 Å². The summed E-state index contributed by atoms with van der Waals surface area (Å²) in [6, 6.07) is 0. The van der Waals surface area contributed by atoms with Crippen LogP contribution in [0.3, 0.4) is 0 Å². The van der Waals surface area contributed by atoms with E-state index in [9.17, 15) is 14.4 Å². The zero-order valence-electron chi connectivity index (χ0n) is 10.8. The van der Waals surface area contributed by atoms with E-state index in [2.05, 4.69) is 0 Å². The Hall–Kier alpha value is -1.29. The van der Waals surface area contributed by atoms with E-state index in [0.717, 1.165) is 11.9 Å². The van der Waals surface area contributed by atoms with Crippen molar-refractivity contribution in [1.82, 2.24) is 0 Å². The minimum atomic E-state index is -0.433. The van der Waals surface area contributed by atoms with Crippen molar-refractivity contribution in [1.29, 1.82) is 0 Å². The largest absolute Gasteiger partial charge is 0.396 e. The van der Waals surface area contributed by atoms with Crippen molar-refractivity contribution >= 4 is 17.9 Å². The van der Waals surface area contributed by atoms with Gasteiger partial charge >= 0.3 is 0 Å². The smallest absolute Gasteiger partial charge is 0.165 e. The van der Waals surface area contributed by atoms with Gasteiger partial charge in [-0.05, 0) is 26.3 Å². The number of hydrogen-bond acceptors (Lipinski definition) is 4. The van der Waals surface area contributed by atoms with Crippen LogP contribution in [-0.2, 0) is 14.4 Å². The van der Waals surface area contributed by atoms with E-state index in [1.165, 1.54) is 0 Å². The van der Waals surface area contributed by atoms with Crippen molar-refractivity contribution in [3.8, 4) is 0 Å². The van der Waals surface area contributed by atoms with Gasteiger partial charge < -0.3 is 9.90 Å². The Kier molecular flexibility index (Phi) is 5.96. The van der Waals surface area contributed by atoms with Gasteiger partial charge in [-0.15, -0.1) is 0 Å². The molecule has 0 amide bonds. The van der Waals surface area contributed by atoms with Crippen LogP contribution in [0.15, 0.2) is 11.6 Å². The Balaban J connectivity index is 0.000000366. The van der Waals surface area contributed by atoms with Gasteiger partial charge in [0.15, 0.2) is 5.78 Å². The van der Waals surface area contributed by atoms with Crippen LogP contribution in [0.4, 0.5) is 0 Å². The van der Waals surface area contributed by atoms with E-state index >= 15 is 0 Å². The van der Waals surface area contributed by atoms with Crippen molar-refractivity contribution < 1.29 is 19.5 Å². The van der Waals surface area contributed by atoms with Gasteiger partial charge in [-0.3, -0.25) is 9.59 Å². The highest BCUT2D eigenvalue weighted by Crippen LogP contribution is 2.27. The van der Waals surface area contributed by atoms with Gasteiger partial charge in [-0.2, -0.15) is 0 Å². The van der Waals surface area contributed by atoms with Gasteiger partial charge in [0.05, 0.1) is 13.0 Å². The topological polar surface area (TPSA) is 71.4 Å². The molecule has 1 atom stereocenters. The number of aliphatic hydroxyl groups is 1. The zero-order valence-corrected chi connectivity index (χ0v) is 10.8. The molecule has 0 heterocycles. The third-order valence-electron chi connectivity index (χ3n) is 2.58. The lowest BCUT2D eigenvalue weighted by molar-refractivity contribution is -0.130. The Morgan fingerprint density at radius 3 is 2.29 bits per heavy atom. The molecule has 17 heavy (non-hydrogen) atoms. The molecular weight excluding hydrogens is 220 g/mol. The lowest BCUT2D eigenvalue weighted by Gasteiger charge is -2.23. The number of rotatable bonds is 2. The van der Waals surface area contributed by atoms with E-state index < -0.39 is 5.41 Å². The number of Topliss-reactive ketones (excluding diaryl/α,β-unsaturated/α-hetero) is 2. The van der Waals surface area contributed by atoms with Gasteiger partial charge in [0.1, 0.15) is 12.1 Å². The molecular formula is C13H20O4. The number of allylic oxidation sites excluding steroid dienone is 2. The summed E-state index contributed by atoms with van der Waals surface area (Å²) in [7, 11) is 0. The predicted octanol–water partition coefficient (Wildman–Crippen LogP) is 1.31. The number of aldehydes is 1.